The molecule has 2 rings (SSSR count). The minimum Gasteiger partial charge on any atom is -0.493 e. The summed E-state index contributed by atoms with van der Waals surface area (Å²) < 4.78 is 15.8. The fraction of sp³-hybridized carbons (Fsp3) is 0.368. The SMILES string of the molecule is CN=C(NCC(=O)NCc1ccco1)Nc1cccc(OCCCOC)c1. The zero-order valence-corrected chi connectivity index (χ0v) is 15.7. The maximum absolute atomic E-state index is 11.9. The first kappa shape index (κ1) is 20.3. The molecular weight excluding hydrogens is 348 g/mol. The van der Waals surface area contributed by atoms with Crippen LogP contribution in [0.1, 0.15) is 12.2 Å². The molecule has 1 heterocycles. The first-order valence-electron chi connectivity index (χ1n) is 8.70. The molecule has 3 N–H and O–H groups in total. The lowest BCUT2D eigenvalue weighted by atomic mass is 10.3. The Kier molecular flexibility index (Phi) is 8.72. The molecule has 0 aliphatic heterocycles. The molecule has 2 aromatic rings. The third kappa shape index (κ3) is 7.83. The number of guanidine groups is 1. The van der Waals surface area contributed by atoms with Crippen molar-refractivity contribution in [2.75, 3.05) is 39.2 Å². The number of hydrogen-bond donors (Lipinski definition) is 3. The zero-order valence-electron chi connectivity index (χ0n) is 15.7. The van der Waals surface area contributed by atoms with E-state index in [1.54, 1.807) is 32.6 Å². The minimum absolute atomic E-state index is 0.0909. The van der Waals surface area contributed by atoms with Gasteiger partial charge in [0.05, 0.1) is 26.0 Å². The standard InChI is InChI=1S/C19H26N4O4/c1-20-19(22-14-18(24)21-13-17-8-4-10-27-17)23-15-6-3-7-16(12-15)26-11-5-9-25-2/h3-4,6-8,10,12H,5,9,11,13-14H2,1-2H3,(H,21,24)(H2,20,22,23). The molecule has 0 aliphatic carbocycles. The molecule has 0 spiro atoms. The summed E-state index contributed by atoms with van der Waals surface area (Å²) in [6.45, 7) is 1.69. The highest BCUT2D eigenvalue weighted by atomic mass is 16.5. The van der Waals surface area contributed by atoms with E-state index in [1.807, 2.05) is 24.3 Å². The van der Waals surface area contributed by atoms with Crippen molar-refractivity contribution in [3.8, 4) is 5.75 Å². The normalized spacial score (nSPS) is 11.1. The molecule has 1 aromatic carbocycles. The first-order valence-corrected chi connectivity index (χ1v) is 8.70. The number of carbonyl (C=O) groups excluding carboxylic acids is 1. The number of ether oxygens (including phenoxy) is 2. The second-order valence-corrected chi connectivity index (χ2v) is 5.63. The van der Waals surface area contributed by atoms with Crippen molar-refractivity contribution in [3.63, 3.8) is 0 Å². The number of benzene rings is 1. The van der Waals surface area contributed by atoms with E-state index in [9.17, 15) is 4.79 Å². The Hall–Kier alpha value is -3.00. The number of carbonyl (C=O) groups is 1. The smallest absolute Gasteiger partial charge is 0.239 e. The molecule has 0 unspecified atom stereocenters. The third-order valence-corrected chi connectivity index (χ3v) is 3.54. The average molecular weight is 374 g/mol. The number of anilines is 1. The van der Waals surface area contributed by atoms with E-state index in [0.29, 0.717) is 31.5 Å². The lowest BCUT2D eigenvalue weighted by molar-refractivity contribution is -0.120. The van der Waals surface area contributed by atoms with Crippen LogP contribution in [0.5, 0.6) is 5.75 Å². The molecule has 0 atom stereocenters. The monoisotopic (exact) mass is 374 g/mol. The highest BCUT2D eigenvalue weighted by molar-refractivity contribution is 5.95. The van der Waals surface area contributed by atoms with Crippen LogP contribution in [0.4, 0.5) is 5.69 Å². The zero-order chi connectivity index (χ0) is 19.3. The lowest BCUT2D eigenvalue weighted by Crippen LogP contribution is -2.39. The van der Waals surface area contributed by atoms with E-state index >= 15 is 0 Å². The molecule has 146 valence electrons. The van der Waals surface area contributed by atoms with Crippen molar-refractivity contribution in [2.24, 2.45) is 4.99 Å². The summed E-state index contributed by atoms with van der Waals surface area (Å²) >= 11 is 0. The van der Waals surface area contributed by atoms with Gasteiger partial charge >= 0.3 is 0 Å². The Balaban J connectivity index is 1.76. The molecular formula is C19H26N4O4. The van der Waals surface area contributed by atoms with Crippen LogP contribution in [0.15, 0.2) is 52.1 Å². The van der Waals surface area contributed by atoms with Gasteiger partial charge in [0.15, 0.2) is 5.96 Å². The molecule has 8 nitrogen and oxygen atoms in total. The van der Waals surface area contributed by atoms with Crippen LogP contribution >= 0.6 is 0 Å². The van der Waals surface area contributed by atoms with Gasteiger partial charge < -0.3 is 29.8 Å². The Morgan fingerprint density at radius 2 is 2.07 bits per heavy atom. The van der Waals surface area contributed by atoms with Crippen LogP contribution in [0.3, 0.4) is 0 Å². The molecule has 0 saturated carbocycles. The number of amides is 1. The average Bonchev–Trinajstić information content (AvgIpc) is 3.21. The third-order valence-electron chi connectivity index (χ3n) is 3.54. The van der Waals surface area contributed by atoms with Crippen LogP contribution < -0.4 is 20.7 Å². The maximum atomic E-state index is 11.9. The largest absolute Gasteiger partial charge is 0.493 e. The second kappa shape index (κ2) is 11.6. The molecule has 0 radical (unpaired) electrons. The second-order valence-electron chi connectivity index (χ2n) is 5.63. The summed E-state index contributed by atoms with van der Waals surface area (Å²) in [5.74, 6) is 1.78. The molecule has 0 aliphatic rings. The van der Waals surface area contributed by atoms with Gasteiger partial charge in [0.2, 0.25) is 5.91 Å². The minimum atomic E-state index is -0.162. The van der Waals surface area contributed by atoms with Gasteiger partial charge in [-0.05, 0) is 24.3 Å². The van der Waals surface area contributed by atoms with E-state index in [-0.39, 0.29) is 12.5 Å². The highest BCUT2D eigenvalue weighted by Gasteiger charge is 2.06. The van der Waals surface area contributed by atoms with Crippen LogP contribution in [0, 0.1) is 0 Å². The summed E-state index contributed by atoms with van der Waals surface area (Å²) in [6, 6.07) is 11.1. The predicted octanol–water partition coefficient (Wildman–Crippen LogP) is 2.00. The molecule has 0 fully saturated rings. The molecule has 0 saturated heterocycles. The van der Waals surface area contributed by atoms with Crippen molar-refractivity contribution >= 4 is 17.6 Å². The molecule has 0 bridgehead atoms. The number of aliphatic imine (C=N–C) groups is 1. The topological polar surface area (TPSA) is 97.1 Å². The Bertz CT molecular complexity index is 716. The van der Waals surface area contributed by atoms with E-state index in [0.717, 1.165) is 17.9 Å². The van der Waals surface area contributed by atoms with E-state index < -0.39 is 0 Å². The number of hydrogen-bond acceptors (Lipinski definition) is 5. The molecule has 8 heteroatoms. The molecule has 27 heavy (non-hydrogen) atoms. The van der Waals surface area contributed by atoms with E-state index in [1.165, 1.54) is 0 Å². The summed E-state index contributed by atoms with van der Waals surface area (Å²) in [5, 5.41) is 8.86. The lowest BCUT2D eigenvalue weighted by Gasteiger charge is -2.13. The number of nitrogens with zero attached hydrogens (tertiary/aromatic N) is 1. The maximum Gasteiger partial charge on any atom is 0.239 e. The van der Waals surface area contributed by atoms with Crippen LogP contribution in [0.25, 0.3) is 0 Å². The van der Waals surface area contributed by atoms with Gasteiger partial charge in [-0.2, -0.15) is 0 Å². The van der Waals surface area contributed by atoms with E-state index in [4.69, 9.17) is 13.9 Å². The van der Waals surface area contributed by atoms with Gasteiger partial charge in [0.25, 0.3) is 0 Å². The summed E-state index contributed by atoms with van der Waals surface area (Å²) in [5.41, 5.74) is 0.809. The van der Waals surface area contributed by atoms with Crippen LogP contribution in [-0.2, 0) is 16.1 Å². The van der Waals surface area contributed by atoms with Crippen molar-refractivity contribution in [1.82, 2.24) is 10.6 Å². The Morgan fingerprint density at radius 3 is 2.81 bits per heavy atom. The number of nitrogens with one attached hydrogen (secondary N) is 3. The van der Waals surface area contributed by atoms with E-state index in [2.05, 4.69) is 20.9 Å². The van der Waals surface area contributed by atoms with Gasteiger partial charge in [-0.25, -0.2) is 0 Å². The van der Waals surface area contributed by atoms with Crippen LogP contribution in [0.2, 0.25) is 0 Å². The summed E-state index contributed by atoms with van der Waals surface area (Å²) in [7, 11) is 3.31. The van der Waals surface area contributed by atoms with Gasteiger partial charge in [-0.1, -0.05) is 6.07 Å². The quantitative estimate of drug-likeness (QED) is 0.334. The number of methoxy groups -OCH3 is 1. The molecule has 1 amide bonds. The van der Waals surface area contributed by atoms with Crippen molar-refractivity contribution in [1.29, 1.82) is 0 Å². The Labute approximate surface area is 159 Å². The van der Waals surface area contributed by atoms with Gasteiger partial charge in [0.1, 0.15) is 11.5 Å². The number of rotatable bonds is 10. The fourth-order valence-corrected chi connectivity index (χ4v) is 2.20. The van der Waals surface area contributed by atoms with Gasteiger partial charge in [-0.3, -0.25) is 9.79 Å². The number of furan rings is 1. The Morgan fingerprint density at radius 1 is 1.19 bits per heavy atom. The van der Waals surface area contributed by atoms with Crippen molar-refractivity contribution in [2.45, 2.75) is 13.0 Å². The fourth-order valence-electron chi connectivity index (χ4n) is 2.20. The van der Waals surface area contributed by atoms with Crippen LogP contribution in [-0.4, -0.2) is 45.8 Å². The highest BCUT2D eigenvalue weighted by Crippen LogP contribution is 2.17. The predicted molar refractivity (Wildman–Crippen MR) is 104 cm³/mol. The van der Waals surface area contributed by atoms with Crippen molar-refractivity contribution in [3.05, 3.63) is 48.4 Å². The van der Waals surface area contributed by atoms with Gasteiger partial charge in [-0.15, -0.1) is 0 Å². The van der Waals surface area contributed by atoms with Crippen molar-refractivity contribution < 1.29 is 18.7 Å². The van der Waals surface area contributed by atoms with Gasteiger partial charge in [0, 0.05) is 38.9 Å². The summed E-state index contributed by atoms with van der Waals surface area (Å²) in [6.07, 6.45) is 2.39. The molecule has 1 aromatic heterocycles. The summed E-state index contributed by atoms with van der Waals surface area (Å²) in [4.78, 5) is 16.0. The first-order chi connectivity index (χ1) is 13.2.